The summed E-state index contributed by atoms with van der Waals surface area (Å²) in [5.74, 6) is -8.57. The number of amides is 1. The molecule has 42 heavy (non-hydrogen) atoms. The molecule has 1 fully saturated rings. The predicted octanol–water partition coefficient (Wildman–Crippen LogP) is 5.46. The van der Waals surface area contributed by atoms with Crippen LogP contribution in [0.25, 0.3) is 5.69 Å². The van der Waals surface area contributed by atoms with Crippen molar-refractivity contribution in [1.82, 2.24) is 9.47 Å². The molecule has 222 valence electrons. The number of carboxylic acids is 1. The molecule has 0 saturated carbocycles. The van der Waals surface area contributed by atoms with E-state index in [1.165, 1.54) is 4.90 Å². The molecule has 1 aromatic heterocycles. The topological polar surface area (TPSA) is 106 Å². The second-order valence-corrected chi connectivity index (χ2v) is 11.1. The molecular formula is C30H28F4N2O6. The first-order valence-electron chi connectivity index (χ1n) is 13.0. The highest BCUT2D eigenvalue weighted by atomic mass is 19.1. The molecule has 1 saturated heterocycles. The van der Waals surface area contributed by atoms with Crippen LogP contribution in [0.3, 0.4) is 0 Å². The standard InChI is InChI=1S/C30H28F4N2O6/c1-29(2,3)42-28(41)35-13-11-30(12-14-35,27(39)40)24(19-9-8-18(31)15-22(19)34)26(38)17-7-10-23(37)36(16-17)25-20(32)5-4-6-21(25)33/h4-10,15-16,24H,11-14H2,1-3H3,(H,39,40). The van der Waals surface area contributed by atoms with Gasteiger partial charge in [-0.05, 0) is 57.9 Å². The smallest absolute Gasteiger partial charge is 0.410 e. The Morgan fingerprint density at radius 3 is 2.10 bits per heavy atom. The van der Waals surface area contributed by atoms with Crippen LogP contribution in [0.5, 0.6) is 0 Å². The van der Waals surface area contributed by atoms with Crippen molar-refractivity contribution in [2.75, 3.05) is 13.1 Å². The van der Waals surface area contributed by atoms with Crippen molar-refractivity contribution < 1.29 is 41.8 Å². The summed E-state index contributed by atoms with van der Waals surface area (Å²) in [5, 5.41) is 10.5. The number of rotatable bonds is 6. The normalized spacial score (nSPS) is 15.6. The zero-order valence-corrected chi connectivity index (χ0v) is 23.0. The monoisotopic (exact) mass is 588 g/mol. The van der Waals surface area contributed by atoms with Crippen molar-refractivity contribution in [3.8, 4) is 5.69 Å². The van der Waals surface area contributed by atoms with E-state index in [1.807, 2.05) is 0 Å². The van der Waals surface area contributed by atoms with E-state index in [4.69, 9.17) is 4.74 Å². The third-order valence-electron chi connectivity index (χ3n) is 7.20. The van der Waals surface area contributed by atoms with Gasteiger partial charge in [0.15, 0.2) is 5.78 Å². The van der Waals surface area contributed by atoms with Crippen LogP contribution in [0.2, 0.25) is 0 Å². The Bertz CT molecular complexity index is 1590. The Labute approximate surface area is 238 Å². The second kappa shape index (κ2) is 11.4. The number of ether oxygens (including phenoxy) is 1. The average Bonchev–Trinajstić information content (AvgIpc) is 2.90. The second-order valence-electron chi connectivity index (χ2n) is 11.1. The Balaban J connectivity index is 1.83. The summed E-state index contributed by atoms with van der Waals surface area (Å²) in [6.45, 7) is 4.67. The van der Waals surface area contributed by atoms with Crippen LogP contribution in [0, 0.1) is 28.7 Å². The van der Waals surface area contributed by atoms with Crippen LogP contribution in [-0.4, -0.2) is 51.1 Å². The third kappa shape index (κ3) is 5.93. The summed E-state index contributed by atoms with van der Waals surface area (Å²) in [5.41, 5.74) is -5.24. The quantitative estimate of drug-likeness (QED) is 0.303. The number of nitrogens with zero attached hydrogens (tertiary/aromatic N) is 2. The van der Waals surface area contributed by atoms with Crippen LogP contribution in [0.1, 0.15) is 55.5 Å². The number of carboxylic acid groups (broad SMARTS) is 1. The highest BCUT2D eigenvalue weighted by molar-refractivity contribution is 6.04. The number of ketones is 1. The number of hydrogen-bond donors (Lipinski definition) is 1. The van der Waals surface area contributed by atoms with Crippen molar-refractivity contribution in [2.45, 2.75) is 45.1 Å². The molecule has 1 atom stereocenters. The molecule has 12 heteroatoms. The lowest BCUT2D eigenvalue weighted by Gasteiger charge is -2.43. The molecular weight excluding hydrogens is 560 g/mol. The number of halogens is 4. The lowest BCUT2D eigenvalue weighted by molar-refractivity contribution is -0.153. The maximum absolute atomic E-state index is 15.2. The van der Waals surface area contributed by atoms with Crippen LogP contribution in [0.15, 0.2) is 59.5 Å². The van der Waals surface area contributed by atoms with E-state index < -0.39 is 74.9 Å². The van der Waals surface area contributed by atoms with Gasteiger partial charge in [0.2, 0.25) is 0 Å². The van der Waals surface area contributed by atoms with Gasteiger partial charge < -0.3 is 14.7 Å². The fraction of sp³-hybridized carbons (Fsp3) is 0.333. The molecule has 0 aliphatic carbocycles. The van der Waals surface area contributed by atoms with Gasteiger partial charge in [-0.25, -0.2) is 22.4 Å². The van der Waals surface area contributed by atoms with Gasteiger partial charge in [0.1, 0.15) is 34.6 Å². The number of hydrogen-bond acceptors (Lipinski definition) is 5. The molecule has 3 aromatic rings. The van der Waals surface area contributed by atoms with E-state index in [0.29, 0.717) is 10.6 Å². The molecule has 1 aliphatic rings. The molecule has 1 N–H and O–H groups in total. The molecule has 0 spiro atoms. The number of carbonyl (C=O) groups is 3. The summed E-state index contributed by atoms with van der Waals surface area (Å²) in [6.07, 6.45) is -0.463. The van der Waals surface area contributed by atoms with Crippen LogP contribution < -0.4 is 5.56 Å². The summed E-state index contributed by atoms with van der Waals surface area (Å²) < 4.78 is 64.1. The first-order chi connectivity index (χ1) is 19.6. The predicted molar refractivity (Wildman–Crippen MR) is 142 cm³/mol. The summed E-state index contributed by atoms with van der Waals surface area (Å²) in [4.78, 5) is 53.5. The van der Waals surface area contributed by atoms with E-state index in [9.17, 15) is 37.5 Å². The zero-order valence-electron chi connectivity index (χ0n) is 23.0. The first kappa shape index (κ1) is 30.5. The largest absolute Gasteiger partial charge is 0.481 e. The molecule has 2 aromatic carbocycles. The Morgan fingerprint density at radius 1 is 0.929 bits per heavy atom. The van der Waals surface area contributed by atoms with Crippen molar-refractivity contribution in [2.24, 2.45) is 5.41 Å². The summed E-state index contributed by atoms with van der Waals surface area (Å²) in [7, 11) is 0. The maximum Gasteiger partial charge on any atom is 0.410 e. The van der Waals surface area contributed by atoms with Gasteiger partial charge >= 0.3 is 12.1 Å². The number of aliphatic carboxylic acids is 1. The summed E-state index contributed by atoms with van der Waals surface area (Å²) >= 11 is 0. The first-order valence-corrected chi connectivity index (χ1v) is 13.0. The molecule has 4 rings (SSSR count). The molecule has 0 radical (unpaired) electrons. The number of benzene rings is 2. The summed E-state index contributed by atoms with van der Waals surface area (Å²) in [6, 6.07) is 7.17. The number of aromatic nitrogens is 1. The zero-order chi connectivity index (χ0) is 31.0. The van der Waals surface area contributed by atoms with E-state index in [0.717, 1.165) is 48.7 Å². The highest BCUT2D eigenvalue weighted by Gasteiger charge is 2.53. The van der Waals surface area contributed by atoms with Gasteiger partial charge in [0.05, 0.1) is 11.3 Å². The van der Waals surface area contributed by atoms with Crippen molar-refractivity contribution >= 4 is 17.8 Å². The fourth-order valence-corrected chi connectivity index (χ4v) is 5.16. The minimum absolute atomic E-state index is 0.159. The number of likely N-dealkylation sites (tertiary alicyclic amines) is 1. The van der Waals surface area contributed by atoms with Crippen molar-refractivity contribution in [3.05, 3.63) is 99.5 Å². The Morgan fingerprint density at radius 2 is 1.55 bits per heavy atom. The maximum atomic E-state index is 15.2. The molecule has 1 unspecified atom stereocenters. The van der Waals surface area contributed by atoms with Gasteiger partial charge in [-0.2, -0.15) is 0 Å². The van der Waals surface area contributed by atoms with Crippen molar-refractivity contribution in [1.29, 1.82) is 0 Å². The number of carbonyl (C=O) groups excluding carboxylic acids is 2. The van der Waals surface area contributed by atoms with Crippen molar-refractivity contribution in [3.63, 3.8) is 0 Å². The van der Waals surface area contributed by atoms with E-state index in [-0.39, 0.29) is 31.5 Å². The number of pyridine rings is 1. The SMILES string of the molecule is CC(C)(C)OC(=O)N1CCC(C(=O)O)(C(C(=O)c2ccc(=O)n(-c3c(F)cccc3F)c2)c2ccc(F)cc2F)CC1. The Kier molecular flexibility index (Phi) is 8.29. The minimum Gasteiger partial charge on any atom is -0.481 e. The van der Waals surface area contributed by atoms with Crippen LogP contribution in [0.4, 0.5) is 22.4 Å². The van der Waals surface area contributed by atoms with Crippen LogP contribution in [-0.2, 0) is 9.53 Å². The average molecular weight is 589 g/mol. The van der Waals surface area contributed by atoms with E-state index in [2.05, 4.69) is 0 Å². The molecule has 0 bridgehead atoms. The molecule has 1 amide bonds. The Hall–Kier alpha value is -4.48. The van der Waals surface area contributed by atoms with Gasteiger partial charge in [0.25, 0.3) is 5.56 Å². The van der Waals surface area contributed by atoms with Gasteiger partial charge in [-0.1, -0.05) is 12.1 Å². The van der Waals surface area contributed by atoms with E-state index in [1.54, 1.807) is 20.8 Å². The highest BCUT2D eigenvalue weighted by Crippen LogP contribution is 2.47. The number of piperidine rings is 1. The fourth-order valence-electron chi connectivity index (χ4n) is 5.16. The van der Waals surface area contributed by atoms with E-state index >= 15 is 4.39 Å². The lowest BCUT2D eigenvalue weighted by atomic mass is 9.63. The van der Waals surface area contributed by atoms with Crippen LogP contribution >= 0.6 is 0 Å². The third-order valence-corrected chi connectivity index (χ3v) is 7.20. The number of Topliss-reactive ketones (excluding diaryl/α,β-unsaturated/α-hetero) is 1. The molecule has 1 aliphatic heterocycles. The molecule has 2 heterocycles. The molecule has 8 nitrogen and oxygen atoms in total. The van der Waals surface area contributed by atoms with Gasteiger partial charge in [0, 0.05) is 42.5 Å². The minimum atomic E-state index is -1.99. The number of para-hydroxylation sites is 1. The lowest BCUT2D eigenvalue weighted by Crippen LogP contribution is -2.52. The van der Waals surface area contributed by atoms with Gasteiger partial charge in [-0.15, -0.1) is 0 Å². The van der Waals surface area contributed by atoms with Gasteiger partial charge in [-0.3, -0.25) is 19.0 Å².